The molecule has 0 aliphatic carbocycles. The van der Waals surface area contributed by atoms with E-state index in [1.165, 1.54) is 0 Å². The first-order valence-corrected chi connectivity index (χ1v) is 10.4. The SMILES string of the molecule is O=C(CC1NC(=O)N(Cc2ccc3c(c2)OCO3)C1=O)NCCc1c[nH]c2ccccc12. The fourth-order valence-electron chi connectivity index (χ4n) is 4.02. The summed E-state index contributed by atoms with van der Waals surface area (Å²) in [6.07, 6.45) is 2.50. The van der Waals surface area contributed by atoms with Crippen LogP contribution in [-0.2, 0) is 22.6 Å². The maximum Gasteiger partial charge on any atom is 0.325 e. The van der Waals surface area contributed by atoms with Crippen LogP contribution in [0.2, 0.25) is 0 Å². The van der Waals surface area contributed by atoms with Crippen molar-refractivity contribution >= 4 is 28.7 Å². The molecular weight excluding hydrogens is 412 g/mol. The predicted molar refractivity (Wildman–Crippen MR) is 115 cm³/mol. The second-order valence-corrected chi connectivity index (χ2v) is 7.78. The van der Waals surface area contributed by atoms with Crippen LogP contribution in [0.15, 0.2) is 48.7 Å². The lowest BCUT2D eigenvalue weighted by molar-refractivity contribution is -0.131. The average Bonchev–Trinajstić information content (AvgIpc) is 3.48. The Kier molecular flexibility index (Phi) is 5.14. The van der Waals surface area contributed by atoms with Crippen molar-refractivity contribution in [3.63, 3.8) is 0 Å². The second-order valence-electron chi connectivity index (χ2n) is 7.78. The van der Waals surface area contributed by atoms with E-state index in [0.29, 0.717) is 24.5 Å². The van der Waals surface area contributed by atoms with Gasteiger partial charge in [0, 0.05) is 23.6 Å². The van der Waals surface area contributed by atoms with Crippen LogP contribution >= 0.6 is 0 Å². The van der Waals surface area contributed by atoms with Gasteiger partial charge in [0.05, 0.1) is 13.0 Å². The number of para-hydroxylation sites is 1. The Hall–Kier alpha value is -4.01. The van der Waals surface area contributed by atoms with Crippen LogP contribution < -0.4 is 20.1 Å². The van der Waals surface area contributed by atoms with Gasteiger partial charge in [-0.2, -0.15) is 0 Å². The first kappa shape index (κ1) is 19.9. The Morgan fingerprint density at radius 2 is 1.97 bits per heavy atom. The van der Waals surface area contributed by atoms with E-state index in [-0.39, 0.29) is 25.7 Å². The van der Waals surface area contributed by atoms with Crippen molar-refractivity contribution in [2.75, 3.05) is 13.3 Å². The Balaban J connectivity index is 1.14. The van der Waals surface area contributed by atoms with Crippen LogP contribution in [0.4, 0.5) is 4.79 Å². The summed E-state index contributed by atoms with van der Waals surface area (Å²) < 4.78 is 10.6. The highest BCUT2D eigenvalue weighted by Crippen LogP contribution is 2.33. The fraction of sp³-hybridized carbons (Fsp3) is 0.261. The number of carbonyl (C=O) groups excluding carboxylic acids is 3. The summed E-state index contributed by atoms with van der Waals surface area (Å²) in [7, 11) is 0. The van der Waals surface area contributed by atoms with Gasteiger partial charge in [0.1, 0.15) is 6.04 Å². The number of benzene rings is 2. The van der Waals surface area contributed by atoms with Crippen LogP contribution in [0.25, 0.3) is 10.9 Å². The first-order valence-electron chi connectivity index (χ1n) is 10.4. The zero-order valence-corrected chi connectivity index (χ0v) is 17.2. The summed E-state index contributed by atoms with van der Waals surface area (Å²) in [5, 5.41) is 6.56. The highest BCUT2D eigenvalue weighted by molar-refractivity contribution is 6.05. The molecule has 9 nitrogen and oxygen atoms in total. The molecule has 1 saturated heterocycles. The number of ether oxygens (including phenoxy) is 2. The Morgan fingerprint density at radius 1 is 1.12 bits per heavy atom. The van der Waals surface area contributed by atoms with Crippen molar-refractivity contribution in [1.29, 1.82) is 0 Å². The number of aromatic amines is 1. The molecule has 4 amide bonds. The molecule has 2 aliphatic rings. The van der Waals surface area contributed by atoms with E-state index in [1.54, 1.807) is 18.2 Å². The van der Waals surface area contributed by atoms with E-state index in [2.05, 4.69) is 15.6 Å². The van der Waals surface area contributed by atoms with Gasteiger partial charge in [-0.1, -0.05) is 24.3 Å². The molecule has 2 aliphatic heterocycles. The van der Waals surface area contributed by atoms with Crippen molar-refractivity contribution in [2.24, 2.45) is 0 Å². The van der Waals surface area contributed by atoms with Crippen LogP contribution in [0.5, 0.6) is 11.5 Å². The van der Waals surface area contributed by atoms with E-state index in [9.17, 15) is 14.4 Å². The maximum atomic E-state index is 12.7. The summed E-state index contributed by atoms with van der Waals surface area (Å²) in [6.45, 7) is 0.690. The molecule has 5 rings (SSSR count). The molecule has 0 saturated carbocycles. The van der Waals surface area contributed by atoms with Crippen molar-refractivity contribution in [1.82, 2.24) is 20.5 Å². The Labute approximate surface area is 183 Å². The lowest BCUT2D eigenvalue weighted by atomic mass is 10.1. The Bertz CT molecular complexity index is 1200. The second kappa shape index (κ2) is 8.26. The number of carbonyl (C=O) groups is 3. The van der Waals surface area contributed by atoms with Crippen LogP contribution in [0.1, 0.15) is 17.5 Å². The number of imide groups is 1. The summed E-state index contributed by atoms with van der Waals surface area (Å²) in [4.78, 5) is 41.7. The van der Waals surface area contributed by atoms with Crippen molar-refractivity contribution in [2.45, 2.75) is 25.4 Å². The topological polar surface area (TPSA) is 113 Å². The van der Waals surface area contributed by atoms with Crippen LogP contribution in [0.3, 0.4) is 0 Å². The number of fused-ring (bicyclic) bond motifs is 2. The van der Waals surface area contributed by atoms with Gasteiger partial charge in [-0.15, -0.1) is 0 Å². The van der Waals surface area contributed by atoms with Gasteiger partial charge >= 0.3 is 6.03 Å². The third-order valence-corrected chi connectivity index (χ3v) is 5.67. The number of aromatic nitrogens is 1. The van der Waals surface area contributed by atoms with E-state index < -0.39 is 18.0 Å². The molecule has 0 radical (unpaired) electrons. The summed E-state index contributed by atoms with van der Waals surface area (Å²) in [5.74, 6) is 0.515. The number of hydrogen-bond acceptors (Lipinski definition) is 5. The quantitative estimate of drug-likeness (QED) is 0.493. The van der Waals surface area contributed by atoms with Gasteiger partial charge in [0.2, 0.25) is 12.7 Å². The summed E-state index contributed by atoms with van der Waals surface area (Å²) in [5.41, 5.74) is 2.90. The van der Waals surface area contributed by atoms with Crippen LogP contribution in [0, 0.1) is 0 Å². The molecular formula is C23H22N4O5. The molecule has 0 bridgehead atoms. The summed E-state index contributed by atoms with van der Waals surface area (Å²) in [6, 6.07) is 11.9. The molecule has 3 heterocycles. The molecule has 1 fully saturated rings. The van der Waals surface area contributed by atoms with Gasteiger partial charge in [0.25, 0.3) is 5.91 Å². The van der Waals surface area contributed by atoms with Gasteiger partial charge < -0.3 is 25.1 Å². The number of nitrogens with zero attached hydrogens (tertiary/aromatic N) is 1. The maximum absolute atomic E-state index is 12.7. The number of urea groups is 1. The monoisotopic (exact) mass is 434 g/mol. The standard InChI is InChI=1S/C23H22N4O5/c28-21(24-8-7-15-11-25-17-4-2-1-3-16(15)17)10-18-22(29)27(23(30)26-18)12-14-5-6-19-20(9-14)32-13-31-19/h1-6,9,11,18,25H,7-8,10,12-13H2,(H,24,28)(H,26,30). The minimum Gasteiger partial charge on any atom is -0.454 e. The Morgan fingerprint density at radius 3 is 2.88 bits per heavy atom. The van der Waals surface area contributed by atoms with Gasteiger partial charge in [-0.25, -0.2) is 4.79 Å². The average molecular weight is 434 g/mol. The van der Waals surface area contributed by atoms with Gasteiger partial charge in [-0.3, -0.25) is 14.5 Å². The number of amides is 4. The first-order chi connectivity index (χ1) is 15.6. The zero-order chi connectivity index (χ0) is 22.1. The molecule has 164 valence electrons. The minimum absolute atomic E-state index is 0.0972. The van der Waals surface area contributed by atoms with E-state index >= 15 is 0 Å². The normalized spacial score (nSPS) is 17.1. The molecule has 1 unspecified atom stereocenters. The molecule has 0 spiro atoms. The molecule has 1 aromatic heterocycles. The van der Waals surface area contributed by atoms with Crippen molar-refractivity contribution < 1.29 is 23.9 Å². The zero-order valence-electron chi connectivity index (χ0n) is 17.2. The molecule has 3 N–H and O–H groups in total. The van der Waals surface area contributed by atoms with Gasteiger partial charge in [0.15, 0.2) is 11.5 Å². The lowest BCUT2D eigenvalue weighted by Crippen LogP contribution is -2.37. The van der Waals surface area contributed by atoms with E-state index in [0.717, 1.165) is 26.9 Å². The number of rotatable bonds is 7. The van der Waals surface area contributed by atoms with Gasteiger partial charge in [-0.05, 0) is 35.7 Å². The van der Waals surface area contributed by atoms with Crippen molar-refractivity contribution in [3.05, 3.63) is 59.8 Å². The summed E-state index contributed by atoms with van der Waals surface area (Å²) >= 11 is 0. The third-order valence-electron chi connectivity index (χ3n) is 5.67. The van der Waals surface area contributed by atoms with Crippen molar-refractivity contribution in [3.8, 4) is 11.5 Å². The molecule has 32 heavy (non-hydrogen) atoms. The molecule has 1 atom stereocenters. The molecule has 2 aromatic carbocycles. The molecule has 3 aromatic rings. The third kappa shape index (κ3) is 3.84. The number of nitrogens with one attached hydrogen (secondary N) is 3. The van der Waals surface area contributed by atoms with Crippen LogP contribution in [-0.4, -0.2) is 47.1 Å². The number of H-pyrrole nitrogens is 1. The highest BCUT2D eigenvalue weighted by Gasteiger charge is 2.39. The predicted octanol–water partition coefficient (Wildman–Crippen LogP) is 2.07. The number of hydrogen-bond donors (Lipinski definition) is 3. The van der Waals surface area contributed by atoms with E-state index in [1.807, 2.05) is 30.5 Å². The smallest absolute Gasteiger partial charge is 0.325 e. The molecule has 9 heteroatoms. The van der Waals surface area contributed by atoms with E-state index in [4.69, 9.17) is 9.47 Å². The largest absolute Gasteiger partial charge is 0.454 e. The fourth-order valence-corrected chi connectivity index (χ4v) is 4.02. The lowest BCUT2D eigenvalue weighted by Gasteiger charge is -2.13. The minimum atomic E-state index is -0.871. The highest BCUT2D eigenvalue weighted by atomic mass is 16.7.